The monoisotopic (exact) mass is 203 g/mol. The van der Waals surface area contributed by atoms with E-state index in [-0.39, 0.29) is 12.5 Å². The molecule has 14 heavy (non-hydrogen) atoms. The molecule has 1 fully saturated rings. The predicted octanol–water partition coefficient (Wildman–Crippen LogP) is -0.757. The van der Waals surface area contributed by atoms with E-state index in [9.17, 15) is 4.79 Å². The molecule has 0 aromatic carbocycles. The van der Waals surface area contributed by atoms with Crippen molar-refractivity contribution in [2.75, 3.05) is 40.0 Å². The van der Waals surface area contributed by atoms with Gasteiger partial charge in [-0.05, 0) is 0 Å². The van der Waals surface area contributed by atoms with E-state index in [1.807, 2.05) is 0 Å². The van der Waals surface area contributed by atoms with Gasteiger partial charge in [0.2, 0.25) is 0 Å². The quantitative estimate of drug-likeness (QED) is 0.652. The molecule has 0 aliphatic carbocycles. The van der Waals surface area contributed by atoms with Gasteiger partial charge in [-0.15, -0.1) is 0 Å². The van der Waals surface area contributed by atoms with E-state index in [0.717, 1.165) is 0 Å². The molecule has 82 valence electrons. The minimum Gasteiger partial charge on any atom is -0.396 e. The fourth-order valence-electron chi connectivity index (χ4n) is 1.45. The Labute approximate surface area is 83.6 Å². The second-order valence-electron chi connectivity index (χ2n) is 3.17. The molecule has 5 nitrogen and oxygen atoms in total. The molecule has 1 rings (SSSR count). The fraction of sp³-hybridized carbons (Fsp3) is 0.889. The normalized spacial score (nSPS) is 19.4. The number of carbonyl (C=O) groups is 1. The lowest BCUT2D eigenvalue weighted by Crippen LogP contribution is -2.46. The van der Waals surface area contributed by atoms with Gasteiger partial charge in [0, 0.05) is 33.2 Å². The van der Waals surface area contributed by atoms with Crippen LogP contribution in [0, 0.1) is 0 Å². The molecule has 1 N–H and O–H groups in total. The van der Waals surface area contributed by atoms with Gasteiger partial charge >= 0.3 is 0 Å². The zero-order chi connectivity index (χ0) is 10.4. The van der Waals surface area contributed by atoms with Crippen molar-refractivity contribution in [3.05, 3.63) is 0 Å². The maximum atomic E-state index is 11.8. The molecule has 1 atom stereocenters. The predicted molar refractivity (Wildman–Crippen MR) is 49.9 cm³/mol. The highest BCUT2D eigenvalue weighted by molar-refractivity contribution is 5.81. The van der Waals surface area contributed by atoms with Crippen LogP contribution in [-0.4, -0.2) is 62.0 Å². The minimum atomic E-state index is -0.516. The highest BCUT2D eigenvalue weighted by Crippen LogP contribution is 2.05. The Balaban J connectivity index is 2.43. The Morgan fingerprint density at radius 3 is 2.71 bits per heavy atom. The molecule has 5 heteroatoms. The van der Waals surface area contributed by atoms with Crippen LogP contribution in [0.4, 0.5) is 0 Å². The maximum absolute atomic E-state index is 11.8. The van der Waals surface area contributed by atoms with Gasteiger partial charge in [-0.2, -0.15) is 0 Å². The molecule has 1 heterocycles. The number of morpholine rings is 1. The van der Waals surface area contributed by atoms with Crippen LogP contribution in [0.3, 0.4) is 0 Å². The van der Waals surface area contributed by atoms with Crippen molar-refractivity contribution in [2.24, 2.45) is 0 Å². The summed E-state index contributed by atoms with van der Waals surface area (Å²) in [4.78, 5) is 13.5. The maximum Gasteiger partial charge on any atom is 0.251 e. The van der Waals surface area contributed by atoms with Gasteiger partial charge in [0.25, 0.3) is 5.91 Å². The molecule has 1 aliphatic rings. The first kappa shape index (κ1) is 11.4. The fourth-order valence-corrected chi connectivity index (χ4v) is 1.45. The summed E-state index contributed by atoms with van der Waals surface area (Å²) in [5, 5.41) is 8.74. The molecule has 1 saturated heterocycles. The van der Waals surface area contributed by atoms with Crippen molar-refractivity contribution in [1.82, 2.24) is 4.90 Å². The second kappa shape index (κ2) is 5.95. The Kier molecular flexibility index (Phi) is 4.86. The Morgan fingerprint density at radius 2 is 2.21 bits per heavy atom. The number of aliphatic hydroxyl groups excluding tert-OH is 1. The number of ether oxygens (including phenoxy) is 2. The van der Waals surface area contributed by atoms with E-state index in [2.05, 4.69) is 0 Å². The summed E-state index contributed by atoms with van der Waals surface area (Å²) in [6.07, 6.45) is -0.162. The van der Waals surface area contributed by atoms with E-state index in [1.165, 1.54) is 7.11 Å². The highest BCUT2D eigenvalue weighted by atomic mass is 16.5. The smallest absolute Gasteiger partial charge is 0.251 e. The number of methoxy groups -OCH3 is 1. The average molecular weight is 203 g/mol. The number of amides is 1. The largest absolute Gasteiger partial charge is 0.396 e. The van der Waals surface area contributed by atoms with E-state index < -0.39 is 6.10 Å². The summed E-state index contributed by atoms with van der Waals surface area (Å²) in [6.45, 7) is 2.37. The lowest BCUT2D eigenvalue weighted by molar-refractivity contribution is -0.146. The molecule has 0 bridgehead atoms. The van der Waals surface area contributed by atoms with Crippen molar-refractivity contribution >= 4 is 5.91 Å². The Hall–Kier alpha value is -0.650. The molecular weight excluding hydrogens is 186 g/mol. The van der Waals surface area contributed by atoms with Crippen LogP contribution in [0.2, 0.25) is 0 Å². The van der Waals surface area contributed by atoms with Crippen LogP contribution in [0.15, 0.2) is 0 Å². The summed E-state index contributed by atoms with van der Waals surface area (Å²) >= 11 is 0. The van der Waals surface area contributed by atoms with Crippen molar-refractivity contribution in [2.45, 2.75) is 12.5 Å². The lowest BCUT2D eigenvalue weighted by atomic mass is 10.2. The first-order valence-corrected chi connectivity index (χ1v) is 4.79. The molecule has 1 amide bonds. The summed E-state index contributed by atoms with van der Waals surface area (Å²) in [5.41, 5.74) is 0. The van der Waals surface area contributed by atoms with Gasteiger partial charge in [-0.25, -0.2) is 0 Å². The number of rotatable bonds is 4. The van der Waals surface area contributed by atoms with Crippen molar-refractivity contribution < 1.29 is 19.4 Å². The van der Waals surface area contributed by atoms with Gasteiger partial charge in [-0.1, -0.05) is 0 Å². The summed E-state index contributed by atoms with van der Waals surface area (Å²) in [6, 6.07) is 0. The number of hydrogen-bond donors (Lipinski definition) is 1. The van der Waals surface area contributed by atoms with E-state index >= 15 is 0 Å². The topological polar surface area (TPSA) is 59.0 Å². The van der Waals surface area contributed by atoms with Gasteiger partial charge < -0.3 is 19.5 Å². The molecule has 1 unspecified atom stereocenters. The SMILES string of the molecule is COC(CCO)C(=O)N1CCOCC1. The van der Waals surface area contributed by atoms with Crippen molar-refractivity contribution in [3.63, 3.8) is 0 Å². The zero-order valence-corrected chi connectivity index (χ0v) is 8.44. The van der Waals surface area contributed by atoms with Crippen LogP contribution in [0.1, 0.15) is 6.42 Å². The van der Waals surface area contributed by atoms with Gasteiger partial charge in [0.15, 0.2) is 0 Å². The lowest BCUT2D eigenvalue weighted by Gasteiger charge is -2.29. The van der Waals surface area contributed by atoms with E-state index in [0.29, 0.717) is 32.7 Å². The van der Waals surface area contributed by atoms with E-state index in [1.54, 1.807) is 4.90 Å². The van der Waals surface area contributed by atoms with Crippen LogP contribution < -0.4 is 0 Å². The molecule has 1 aliphatic heterocycles. The molecule has 0 spiro atoms. The third kappa shape index (κ3) is 2.94. The van der Waals surface area contributed by atoms with Gasteiger partial charge in [0.05, 0.1) is 13.2 Å². The number of nitrogens with zero attached hydrogens (tertiary/aromatic N) is 1. The molecule has 0 saturated carbocycles. The minimum absolute atomic E-state index is 0.0331. The van der Waals surface area contributed by atoms with Crippen LogP contribution in [-0.2, 0) is 14.3 Å². The zero-order valence-electron chi connectivity index (χ0n) is 8.44. The average Bonchev–Trinajstić information content (AvgIpc) is 2.26. The van der Waals surface area contributed by atoms with Gasteiger partial charge in [0.1, 0.15) is 6.10 Å². The molecule has 0 radical (unpaired) electrons. The summed E-state index contributed by atoms with van der Waals surface area (Å²) in [5.74, 6) is -0.0511. The summed E-state index contributed by atoms with van der Waals surface area (Å²) < 4.78 is 10.2. The Morgan fingerprint density at radius 1 is 1.57 bits per heavy atom. The Bertz CT molecular complexity index is 173. The first-order chi connectivity index (χ1) is 6.79. The van der Waals surface area contributed by atoms with Crippen LogP contribution in [0.5, 0.6) is 0 Å². The third-order valence-corrected chi connectivity index (χ3v) is 2.27. The van der Waals surface area contributed by atoms with Crippen molar-refractivity contribution in [1.29, 1.82) is 0 Å². The van der Waals surface area contributed by atoms with Crippen molar-refractivity contribution in [3.8, 4) is 0 Å². The number of aliphatic hydroxyl groups is 1. The summed E-state index contributed by atoms with van der Waals surface area (Å²) in [7, 11) is 1.48. The second-order valence-corrected chi connectivity index (χ2v) is 3.17. The first-order valence-electron chi connectivity index (χ1n) is 4.79. The van der Waals surface area contributed by atoms with E-state index in [4.69, 9.17) is 14.6 Å². The third-order valence-electron chi connectivity index (χ3n) is 2.27. The number of carbonyl (C=O) groups excluding carboxylic acids is 1. The van der Waals surface area contributed by atoms with Crippen LogP contribution >= 0.6 is 0 Å². The standard InChI is InChI=1S/C9H17NO4/c1-13-8(2-5-11)9(12)10-3-6-14-7-4-10/h8,11H,2-7H2,1H3. The molecule has 0 aromatic heterocycles. The number of hydrogen-bond acceptors (Lipinski definition) is 4. The van der Waals surface area contributed by atoms with Gasteiger partial charge in [-0.3, -0.25) is 4.79 Å². The highest BCUT2D eigenvalue weighted by Gasteiger charge is 2.24. The molecule has 0 aromatic rings. The van der Waals surface area contributed by atoms with Crippen LogP contribution in [0.25, 0.3) is 0 Å². The molecular formula is C9H17NO4.